The van der Waals surface area contributed by atoms with Gasteiger partial charge < -0.3 is 5.32 Å². The zero-order chi connectivity index (χ0) is 13.3. The van der Waals surface area contributed by atoms with Gasteiger partial charge in [0.25, 0.3) is 0 Å². The van der Waals surface area contributed by atoms with Crippen molar-refractivity contribution in [3.8, 4) is 0 Å². The Balaban J connectivity index is 2.16. The third-order valence-corrected chi connectivity index (χ3v) is 4.54. The van der Waals surface area contributed by atoms with Crippen molar-refractivity contribution in [2.75, 3.05) is 17.6 Å². The van der Waals surface area contributed by atoms with E-state index in [1.165, 1.54) is 11.8 Å². The number of anilines is 1. The molecule has 6 heteroatoms. The average molecular weight is 335 g/mol. The molecule has 0 unspecified atom stereocenters. The lowest BCUT2D eigenvalue weighted by Crippen LogP contribution is -2.27. The molecular formula is C12H13BrF2N2S. The Kier molecular flexibility index (Phi) is 3.96. The topological polar surface area (TPSA) is 24.4 Å². The number of benzene rings is 1. The van der Waals surface area contributed by atoms with E-state index in [4.69, 9.17) is 0 Å². The van der Waals surface area contributed by atoms with Gasteiger partial charge in [-0.05, 0) is 27.4 Å². The minimum Gasteiger partial charge on any atom is -0.333 e. The smallest absolute Gasteiger partial charge is 0.161 e. The second-order valence-corrected chi connectivity index (χ2v) is 6.76. The molecule has 1 heterocycles. The molecule has 2 rings (SSSR count). The third kappa shape index (κ3) is 3.23. The lowest BCUT2D eigenvalue weighted by Gasteiger charge is -2.27. The van der Waals surface area contributed by atoms with Crippen LogP contribution in [0, 0.1) is 17.0 Å². The van der Waals surface area contributed by atoms with Gasteiger partial charge in [-0.15, -0.1) is 0 Å². The van der Waals surface area contributed by atoms with Crippen LogP contribution in [0.15, 0.2) is 21.6 Å². The summed E-state index contributed by atoms with van der Waals surface area (Å²) in [5, 5.41) is 3.47. The number of amidine groups is 1. The molecule has 0 bridgehead atoms. The highest BCUT2D eigenvalue weighted by molar-refractivity contribution is 9.10. The van der Waals surface area contributed by atoms with E-state index < -0.39 is 11.6 Å². The molecule has 0 amide bonds. The van der Waals surface area contributed by atoms with E-state index in [0.717, 1.165) is 17.9 Å². The van der Waals surface area contributed by atoms with Crippen LogP contribution in [0.3, 0.4) is 0 Å². The van der Waals surface area contributed by atoms with Crippen molar-refractivity contribution in [3.05, 3.63) is 28.2 Å². The summed E-state index contributed by atoms with van der Waals surface area (Å²) >= 11 is 4.46. The van der Waals surface area contributed by atoms with E-state index in [-0.39, 0.29) is 15.6 Å². The molecule has 0 atom stereocenters. The van der Waals surface area contributed by atoms with Gasteiger partial charge in [0, 0.05) is 18.4 Å². The number of halogens is 3. The predicted molar refractivity (Wildman–Crippen MR) is 76.2 cm³/mol. The van der Waals surface area contributed by atoms with Crippen molar-refractivity contribution in [2.45, 2.75) is 13.8 Å². The second-order valence-electron chi connectivity index (χ2n) is 4.95. The molecule has 1 aliphatic heterocycles. The van der Waals surface area contributed by atoms with Crippen molar-refractivity contribution >= 4 is 38.5 Å². The first-order valence-electron chi connectivity index (χ1n) is 5.46. The first-order chi connectivity index (χ1) is 8.37. The van der Waals surface area contributed by atoms with E-state index in [1.807, 2.05) is 0 Å². The average Bonchev–Trinajstić information content (AvgIpc) is 2.28. The van der Waals surface area contributed by atoms with Gasteiger partial charge in [0.15, 0.2) is 5.17 Å². The van der Waals surface area contributed by atoms with Crippen LogP contribution >= 0.6 is 27.7 Å². The molecule has 0 aromatic heterocycles. The second kappa shape index (κ2) is 5.17. The summed E-state index contributed by atoms with van der Waals surface area (Å²) in [6.07, 6.45) is 0. The fraction of sp³-hybridized carbons (Fsp3) is 0.417. The number of thioether (sulfide) groups is 1. The van der Waals surface area contributed by atoms with Gasteiger partial charge in [0.05, 0.1) is 10.2 Å². The van der Waals surface area contributed by atoms with Crippen LogP contribution in [-0.4, -0.2) is 17.5 Å². The number of hydrogen-bond acceptors (Lipinski definition) is 3. The van der Waals surface area contributed by atoms with Gasteiger partial charge in [-0.3, -0.25) is 4.99 Å². The molecule has 0 fully saturated rings. The van der Waals surface area contributed by atoms with Gasteiger partial charge in [-0.25, -0.2) is 8.78 Å². The molecule has 0 radical (unpaired) electrons. The van der Waals surface area contributed by atoms with Gasteiger partial charge in [-0.1, -0.05) is 25.6 Å². The van der Waals surface area contributed by atoms with Crippen LogP contribution in [0.1, 0.15) is 13.8 Å². The molecule has 0 aliphatic carbocycles. The Bertz CT molecular complexity index is 503. The summed E-state index contributed by atoms with van der Waals surface area (Å²) < 4.78 is 27.1. The number of nitrogens with zero attached hydrogens (tertiary/aromatic N) is 1. The number of aliphatic imine (C=N–C) groups is 1. The monoisotopic (exact) mass is 334 g/mol. The fourth-order valence-electron chi connectivity index (χ4n) is 1.45. The third-order valence-electron chi connectivity index (χ3n) is 2.50. The molecule has 2 nitrogen and oxygen atoms in total. The summed E-state index contributed by atoms with van der Waals surface area (Å²) in [6.45, 7) is 4.93. The van der Waals surface area contributed by atoms with Gasteiger partial charge >= 0.3 is 0 Å². The van der Waals surface area contributed by atoms with Gasteiger partial charge in [-0.2, -0.15) is 0 Å². The Morgan fingerprint density at radius 3 is 2.67 bits per heavy atom. The van der Waals surface area contributed by atoms with E-state index >= 15 is 0 Å². The number of nitrogens with one attached hydrogen (secondary N) is 1. The van der Waals surface area contributed by atoms with E-state index in [9.17, 15) is 8.78 Å². The van der Waals surface area contributed by atoms with E-state index in [2.05, 4.69) is 40.1 Å². The molecule has 0 saturated heterocycles. The molecule has 1 aliphatic rings. The highest BCUT2D eigenvalue weighted by Crippen LogP contribution is 2.30. The molecular weight excluding hydrogens is 322 g/mol. The lowest BCUT2D eigenvalue weighted by atomic mass is 9.97. The minimum atomic E-state index is -0.503. The normalized spacial score (nSPS) is 18.4. The molecule has 0 spiro atoms. The Hall–Kier alpha value is -0.620. The van der Waals surface area contributed by atoms with Crippen LogP contribution in [0.2, 0.25) is 0 Å². The Morgan fingerprint density at radius 2 is 2.06 bits per heavy atom. The Morgan fingerprint density at radius 1 is 1.33 bits per heavy atom. The van der Waals surface area contributed by atoms with Crippen LogP contribution in [0.4, 0.5) is 14.5 Å². The van der Waals surface area contributed by atoms with E-state index in [1.54, 1.807) is 0 Å². The maximum atomic E-state index is 13.6. The Labute approximate surface area is 117 Å². The molecule has 98 valence electrons. The van der Waals surface area contributed by atoms with E-state index in [0.29, 0.717) is 11.7 Å². The highest BCUT2D eigenvalue weighted by Gasteiger charge is 2.23. The van der Waals surface area contributed by atoms with Crippen LogP contribution < -0.4 is 5.32 Å². The standard InChI is InChI=1S/C12H13BrF2N2S/c1-12(2)5-16-11(18-6-12)17-10-4-8(14)7(13)3-9(10)15/h3-4H,5-6H2,1-2H3,(H,16,17). The van der Waals surface area contributed by atoms with Crippen LogP contribution in [0.5, 0.6) is 0 Å². The van der Waals surface area contributed by atoms with Crippen LogP contribution in [-0.2, 0) is 0 Å². The van der Waals surface area contributed by atoms with Crippen molar-refractivity contribution in [1.82, 2.24) is 0 Å². The summed E-state index contributed by atoms with van der Waals surface area (Å²) in [7, 11) is 0. The van der Waals surface area contributed by atoms with Crippen molar-refractivity contribution < 1.29 is 8.78 Å². The van der Waals surface area contributed by atoms with Crippen molar-refractivity contribution in [3.63, 3.8) is 0 Å². The molecule has 1 aromatic rings. The van der Waals surface area contributed by atoms with Gasteiger partial charge in [0.1, 0.15) is 11.6 Å². The summed E-state index contributed by atoms with van der Waals surface area (Å²) in [6, 6.07) is 2.23. The number of rotatable bonds is 1. The summed E-state index contributed by atoms with van der Waals surface area (Å²) in [5.74, 6) is -0.100. The predicted octanol–water partition coefficient (Wildman–Crippen LogP) is 4.27. The lowest BCUT2D eigenvalue weighted by molar-refractivity contribution is 0.438. The van der Waals surface area contributed by atoms with Crippen molar-refractivity contribution in [2.24, 2.45) is 10.4 Å². The molecule has 0 saturated carbocycles. The van der Waals surface area contributed by atoms with Crippen LogP contribution in [0.25, 0.3) is 0 Å². The molecule has 18 heavy (non-hydrogen) atoms. The highest BCUT2D eigenvalue weighted by atomic mass is 79.9. The minimum absolute atomic E-state index is 0.113. The first-order valence-corrected chi connectivity index (χ1v) is 7.24. The summed E-state index contributed by atoms with van der Waals surface area (Å²) in [5.41, 5.74) is 0.265. The molecule has 1 N–H and O–H groups in total. The zero-order valence-electron chi connectivity index (χ0n) is 10.1. The largest absolute Gasteiger partial charge is 0.333 e. The van der Waals surface area contributed by atoms with Gasteiger partial charge in [0.2, 0.25) is 0 Å². The van der Waals surface area contributed by atoms with Crippen molar-refractivity contribution in [1.29, 1.82) is 0 Å². The maximum absolute atomic E-state index is 13.6. The SMILES string of the molecule is CC1(C)CN=C(Nc2cc(F)c(Br)cc2F)SC1. The maximum Gasteiger partial charge on any atom is 0.161 e. The quantitative estimate of drug-likeness (QED) is 0.775. The fourth-order valence-corrected chi connectivity index (χ4v) is 2.72. The molecule has 1 aromatic carbocycles. The first kappa shape index (κ1) is 13.8. The zero-order valence-corrected chi connectivity index (χ0v) is 12.5. The number of hydrogen-bond donors (Lipinski definition) is 1. The summed E-state index contributed by atoms with van der Waals surface area (Å²) in [4.78, 5) is 4.34.